The van der Waals surface area contributed by atoms with E-state index in [1.54, 1.807) is 0 Å². The number of hydrogen-bond acceptors (Lipinski definition) is 2. The van der Waals surface area contributed by atoms with Crippen molar-refractivity contribution in [2.24, 2.45) is 0 Å². The topological polar surface area (TPSA) is 42.0 Å². The maximum Gasteiger partial charge on any atom is 0.269 e. The molecule has 0 aliphatic rings. The zero-order valence-electron chi connectivity index (χ0n) is 9.04. The molecule has 0 saturated heterocycles. The van der Waals surface area contributed by atoms with Gasteiger partial charge in [0.15, 0.2) is 0 Å². The molecule has 1 aromatic rings. The van der Waals surface area contributed by atoms with E-state index in [1.807, 2.05) is 0 Å². The Kier molecular flexibility index (Phi) is 5.38. The number of halogens is 2. The van der Waals surface area contributed by atoms with Crippen molar-refractivity contribution < 1.29 is 9.18 Å². The van der Waals surface area contributed by atoms with Crippen LogP contribution in [0.2, 0.25) is 0 Å². The first-order valence-corrected chi connectivity index (χ1v) is 6.09. The van der Waals surface area contributed by atoms with Crippen molar-refractivity contribution in [1.29, 1.82) is 0 Å². The van der Waals surface area contributed by atoms with Crippen LogP contribution in [0.15, 0.2) is 18.3 Å². The Bertz CT molecular complexity index is 342. The normalized spacial score (nSPS) is 12.2. The molecule has 16 heavy (non-hydrogen) atoms. The highest BCUT2D eigenvalue weighted by Gasteiger charge is 2.09. The van der Waals surface area contributed by atoms with Gasteiger partial charge < -0.3 is 5.32 Å². The van der Waals surface area contributed by atoms with Crippen LogP contribution in [0, 0.1) is 5.82 Å². The maximum absolute atomic E-state index is 12.6. The Balaban J connectivity index is 2.43. The summed E-state index contributed by atoms with van der Waals surface area (Å²) in [5, 5.41) is 2.73. The highest BCUT2D eigenvalue weighted by molar-refractivity contribution is 9.09. The third kappa shape index (κ3) is 4.26. The van der Waals surface area contributed by atoms with Gasteiger partial charge in [0, 0.05) is 11.4 Å². The average molecular weight is 289 g/mol. The van der Waals surface area contributed by atoms with E-state index in [1.165, 1.54) is 12.1 Å². The third-order valence-corrected chi connectivity index (χ3v) is 2.83. The molecule has 88 valence electrons. The van der Waals surface area contributed by atoms with Crippen LogP contribution in [-0.2, 0) is 0 Å². The fourth-order valence-corrected chi connectivity index (χ4v) is 1.84. The lowest BCUT2D eigenvalue weighted by Gasteiger charge is -2.09. The van der Waals surface area contributed by atoms with Gasteiger partial charge in [0.2, 0.25) is 0 Å². The first kappa shape index (κ1) is 13.1. The van der Waals surface area contributed by atoms with Gasteiger partial charge in [0.05, 0.1) is 6.20 Å². The van der Waals surface area contributed by atoms with Crippen molar-refractivity contribution in [3.05, 3.63) is 29.8 Å². The van der Waals surface area contributed by atoms with Crippen LogP contribution in [0.1, 0.15) is 30.3 Å². The molecule has 0 aliphatic carbocycles. The first-order valence-electron chi connectivity index (χ1n) is 5.17. The molecule has 0 spiro atoms. The molecule has 0 aromatic carbocycles. The average Bonchev–Trinajstić information content (AvgIpc) is 2.27. The van der Waals surface area contributed by atoms with Crippen LogP contribution in [-0.4, -0.2) is 22.3 Å². The predicted molar refractivity (Wildman–Crippen MR) is 64.2 cm³/mol. The van der Waals surface area contributed by atoms with Crippen molar-refractivity contribution in [3.8, 4) is 0 Å². The number of aromatic nitrogens is 1. The second kappa shape index (κ2) is 6.58. The van der Waals surface area contributed by atoms with Gasteiger partial charge in [-0.05, 0) is 18.6 Å². The molecule has 1 atom stereocenters. The Morgan fingerprint density at radius 1 is 1.62 bits per heavy atom. The molecule has 1 heterocycles. The number of rotatable bonds is 5. The Labute approximate surface area is 103 Å². The summed E-state index contributed by atoms with van der Waals surface area (Å²) in [6.07, 6.45) is 3.09. The molecular formula is C11H14BrFN2O. The van der Waals surface area contributed by atoms with Gasteiger partial charge in [0.25, 0.3) is 5.91 Å². The van der Waals surface area contributed by atoms with Gasteiger partial charge in [0.1, 0.15) is 11.5 Å². The predicted octanol–water partition coefficient (Wildman–Crippen LogP) is 2.51. The quantitative estimate of drug-likeness (QED) is 0.846. The summed E-state index contributed by atoms with van der Waals surface area (Å²) in [6.45, 7) is 2.63. The Morgan fingerprint density at radius 3 is 2.94 bits per heavy atom. The molecule has 1 rings (SSSR count). The van der Waals surface area contributed by atoms with Gasteiger partial charge >= 0.3 is 0 Å². The number of nitrogens with zero attached hydrogens (tertiary/aromatic N) is 1. The summed E-state index contributed by atoms with van der Waals surface area (Å²) in [5.74, 6) is -0.721. The molecule has 1 N–H and O–H groups in total. The molecule has 1 unspecified atom stereocenters. The monoisotopic (exact) mass is 288 g/mol. The summed E-state index contributed by atoms with van der Waals surface area (Å²) >= 11 is 3.46. The molecule has 1 aromatic heterocycles. The fraction of sp³-hybridized carbons (Fsp3) is 0.455. The van der Waals surface area contributed by atoms with Crippen LogP contribution in [0.25, 0.3) is 0 Å². The molecular weight excluding hydrogens is 275 g/mol. The molecule has 3 nitrogen and oxygen atoms in total. The summed E-state index contributed by atoms with van der Waals surface area (Å²) < 4.78 is 12.6. The smallest absolute Gasteiger partial charge is 0.269 e. The minimum absolute atomic E-state index is 0.234. The van der Waals surface area contributed by atoms with Gasteiger partial charge in [-0.3, -0.25) is 4.79 Å². The summed E-state index contributed by atoms with van der Waals surface area (Å²) in [6, 6.07) is 2.59. The van der Waals surface area contributed by atoms with Crippen LogP contribution < -0.4 is 5.32 Å². The van der Waals surface area contributed by atoms with Gasteiger partial charge in [-0.1, -0.05) is 29.3 Å². The van der Waals surface area contributed by atoms with E-state index in [9.17, 15) is 9.18 Å². The van der Waals surface area contributed by atoms with Crippen LogP contribution >= 0.6 is 15.9 Å². The van der Waals surface area contributed by atoms with Crippen molar-refractivity contribution in [2.75, 3.05) is 6.54 Å². The minimum Gasteiger partial charge on any atom is -0.350 e. The molecule has 0 bridgehead atoms. The third-order valence-electron chi connectivity index (χ3n) is 2.05. The molecule has 1 amide bonds. The summed E-state index contributed by atoms with van der Waals surface area (Å²) in [4.78, 5) is 15.5. The minimum atomic E-state index is -0.444. The Morgan fingerprint density at radius 2 is 2.38 bits per heavy atom. The van der Waals surface area contributed by atoms with E-state index in [2.05, 4.69) is 33.2 Å². The largest absolute Gasteiger partial charge is 0.350 e. The molecule has 0 radical (unpaired) electrons. The number of pyridine rings is 1. The van der Waals surface area contributed by atoms with Gasteiger partial charge in [-0.25, -0.2) is 9.37 Å². The van der Waals surface area contributed by atoms with Gasteiger partial charge in [-0.15, -0.1) is 0 Å². The number of carbonyl (C=O) groups excluding carboxylic acids is 1. The lowest BCUT2D eigenvalue weighted by Crippen LogP contribution is -2.30. The lowest BCUT2D eigenvalue weighted by atomic mass is 10.2. The van der Waals surface area contributed by atoms with Crippen LogP contribution in [0.5, 0.6) is 0 Å². The number of hydrogen-bond donors (Lipinski definition) is 1. The highest BCUT2D eigenvalue weighted by Crippen LogP contribution is 2.06. The zero-order chi connectivity index (χ0) is 12.0. The second-order valence-corrected chi connectivity index (χ2v) is 4.75. The fourth-order valence-electron chi connectivity index (χ4n) is 1.22. The zero-order valence-corrected chi connectivity index (χ0v) is 10.6. The number of amides is 1. The van der Waals surface area contributed by atoms with Crippen LogP contribution in [0.4, 0.5) is 4.39 Å². The van der Waals surface area contributed by atoms with E-state index < -0.39 is 5.82 Å². The summed E-state index contributed by atoms with van der Waals surface area (Å²) in [7, 11) is 0. The van der Waals surface area contributed by atoms with E-state index in [4.69, 9.17) is 0 Å². The van der Waals surface area contributed by atoms with E-state index in [-0.39, 0.29) is 16.4 Å². The van der Waals surface area contributed by atoms with E-state index in [0.29, 0.717) is 6.54 Å². The van der Waals surface area contributed by atoms with Crippen molar-refractivity contribution in [3.63, 3.8) is 0 Å². The van der Waals surface area contributed by atoms with Gasteiger partial charge in [-0.2, -0.15) is 0 Å². The maximum atomic E-state index is 12.6. The molecule has 0 fully saturated rings. The molecule has 0 saturated carbocycles. The van der Waals surface area contributed by atoms with Crippen LogP contribution in [0.3, 0.4) is 0 Å². The van der Waals surface area contributed by atoms with E-state index >= 15 is 0 Å². The standard InChI is InChI=1S/C11H14BrFN2O/c1-2-3-8(12)6-15-11(16)10-5-4-9(13)7-14-10/h4-5,7-8H,2-3,6H2,1H3,(H,15,16). The molecule has 0 aliphatic heterocycles. The SMILES string of the molecule is CCCC(Br)CNC(=O)c1ccc(F)cn1. The van der Waals surface area contributed by atoms with Crippen molar-refractivity contribution >= 4 is 21.8 Å². The Hall–Kier alpha value is -0.970. The second-order valence-electron chi connectivity index (χ2n) is 3.46. The highest BCUT2D eigenvalue weighted by atomic mass is 79.9. The number of nitrogens with one attached hydrogen (secondary N) is 1. The van der Waals surface area contributed by atoms with E-state index in [0.717, 1.165) is 19.0 Å². The molecule has 5 heteroatoms. The first-order chi connectivity index (χ1) is 7.63. The number of alkyl halides is 1. The number of carbonyl (C=O) groups is 1. The van der Waals surface area contributed by atoms with Crippen molar-refractivity contribution in [2.45, 2.75) is 24.6 Å². The summed E-state index contributed by atoms with van der Waals surface area (Å²) in [5.41, 5.74) is 0.234. The van der Waals surface area contributed by atoms with Crippen molar-refractivity contribution in [1.82, 2.24) is 10.3 Å². The lowest BCUT2D eigenvalue weighted by molar-refractivity contribution is 0.0948.